The molecule has 2 rings (SSSR count). The predicted molar refractivity (Wildman–Crippen MR) is 129 cm³/mol. The van der Waals surface area contributed by atoms with Gasteiger partial charge >= 0.3 is 5.97 Å². The van der Waals surface area contributed by atoms with Crippen molar-refractivity contribution in [1.82, 2.24) is 4.98 Å². The lowest BCUT2D eigenvalue weighted by atomic mass is 10.0. The van der Waals surface area contributed by atoms with Gasteiger partial charge in [-0.15, -0.1) is 0 Å². The number of hydrogen-bond donors (Lipinski definition) is 0. The van der Waals surface area contributed by atoms with E-state index >= 15 is 0 Å². The second-order valence-electron chi connectivity index (χ2n) is 8.57. The van der Waals surface area contributed by atoms with E-state index in [4.69, 9.17) is 4.74 Å². The number of rotatable bonds is 15. The molecule has 0 aliphatic carbocycles. The molecule has 1 aromatic heterocycles. The monoisotopic (exact) mass is 423 g/mol. The van der Waals surface area contributed by atoms with E-state index in [1.165, 1.54) is 62.5 Å². The highest BCUT2D eigenvalue weighted by Gasteiger charge is 2.17. The highest BCUT2D eigenvalue weighted by atomic mass is 16.5. The zero-order chi connectivity index (χ0) is 22.3. The van der Waals surface area contributed by atoms with Crippen molar-refractivity contribution < 1.29 is 9.53 Å². The fourth-order valence-electron chi connectivity index (χ4n) is 3.86. The van der Waals surface area contributed by atoms with Gasteiger partial charge in [0.1, 0.15) is 11.8 Å². The molecule has 0 aliphatic heterocycles. The Morgan fingerprint density at radius 3 is 2.00 bits per heavy atom. The molecule has 170 valence electrons. The van der Waals surface area contributed by atoms with Crippen LogP contribution in [0.3, 0.4) is 0 Å². The highest BCUT2D eigenvalue weighted by Crippen LogP contribution is 2.23. The summed E-state index contributed by atoms with van der Waals surface area (Å²) in [5, 5.41) is 0. The van der Waals surface area contributed by atoms with E-state index in [9.17, 15) is 4.79 Å². The molecule has 31 heavy (non-hydrogen) atoms. The lowest BCUT2D eigenvalue weighted by Crippen LogP contribution is -2.12. The van der Waals surface area contributed by atoms with Gasteiger partial charge in [0, 0.05) is 6.20 Å². The topological polar surface area (TPSA) is 39.2 Å². The minimum absolute atomic E-state index is 0.235. The smallest absolute Gasteiger partial charge is 0.357 e. The third kappa shape index (κ3) is 9.25. The number of carbonyl (C=O) groups is 1. The summed E-state index contributed by atoms with van der Waals surface area (Å²) in [5.41, 5.74) is 3.98. The molecule has 0 bridgehead atoms. The van der Waals surface area contributed by atoms with Crippen LogP contribution in [0.4, 0.5) is 0 Å². The molecule has 1 unspecified atom stereocenters. The minimum atomic E-state index is -0.344. The molecule has 0 fully saturated rings. The number of unbranched alkanes of at least 4 members (excludes halogenated alkanes) is 7. The summed E-state index contributed by atoms with van der Waals surface area (Å²) in [5.74, 6) is -0.344. The predicted octanol–water partition coefficient (Wildman–Crippen LogP) is 8.03. The fourth-order valence-corrected chi connectivity index (χ4v) is 3.86. The molecule has 0 aliphatic rings. The van der Waals surface area contributed by atoms with Gasteiger partial charge in [-0.1, -0.05) is 96.0 Å². The third-order valence-electron chi connectivity index (χ3n) is 5.89. The van der Waals surface area contributed by atoms with Gasteiger partial charge in [0.25, 0.3) is 0 Å². The van der Waals surface area contributed by atoms with Gasteiger partial charge in [-0.2, -0.15) is 0 Å². The average molecular weight is 424 g/mol. The molecule has 0 spiro atoms. The first-order valence-corrected chi connectivity index (χ1v) is 12.4. The van der Waals surface area contributed by atoms with E-state index < -0.39 is 0 Å². The number of aryl methyl sites for hydroxylation is 2. The van der Waals surface area contributed by atoms with Crippen molar-refractivity contribution in [3.63, 3.8) is 0 Å². The Kier molecular flexibility index (Phi) is 12.0. The quantitative estimate of drug-likeness (QED) is 0.215. The van der Waals surface area contributed by atoms with E-state index in [2.05, 4.69) is 43.1 Å². The summed E-state index contributed by atoms with van der Waals surface area (Å²) in [6.45, 7) is 6.50. The molecule has 3 nitrogen and oxygen atoms in total. The van der Waals surface area contributed by atoms with Gasteiger partial charge < -0.3 is 4.74 Å². The van der Waals surface area contributed by atoms with Crippen molar-refractivity contribution in [2.75, 3.05) is 0 Å². The van der Waals surface area contributed by atoms with Gasteiger partial charge in [-0.25, -0.2) is 9.78 Å². The largest absolute Gasteiger partial charge is 0.453 e. The number of pyridine rings is 1. The van der Waals surface area contributed by atoms with E-state index in [-0.39, 0.29) is 12.1 Å². The first kappa shape index (κ1) is 25.1. The minimum Gasteiger partial charge on any atom is -0.453 e. The first-order valence-electron chi connectivity index (χ1n) is 12.4. The Morgan fingerprint density at radius 1 is 0.774 bits per heavy atom. The molecule has 0 amide bonds. The van der Waals surface area contributed by atoms with Crippen molar-refractivity contribution in [3.05, 3.63) is 65.0 Å². The zero-order valence-electron chi connectivity index (χ0n) is 19.9. The number of ether oxygens (including phenoxy) is 1. The molecule has 3 heteroatoms. The van der Waals surface area contributed by atoms with Crippen LogP contribution < -0.4 is 0 Å². The van der Waals surface area contributed by atoms with Crippen LogP contribution in [0.1, 0.15) is 118 Å². The Balaban J connectivity index is 1.84. The van der Waals surface area contributed by atoms with Crippen LogP contribution >= 0.6 is 0 Å². The van der Waals surface area contributed by atoms with Crippen LogP contribution in [0.5, 0.6) is 0 Å². The summed E-state index contributed by atoms with van der Waals surface area (Å²) in [6, 6.07) is 12.4. The highest BCUT2D eigenvalue weighted by molar-refractivity contribution is 5.87. The van der Waals surface area contributed by atoms with Crippen molar-refractivity contribution in [3.8, 4) is 0 Å². The molecule has 1 heterocycles. The summed E-state index contributed by atoms with van der Waals surface area (Å²) >= 11 is 0. The van der Waals surface area contributed by atoms with Crippen molar-refractivity contribution in [1.29, 1.82) is 0 Å². The molecule has 0 N–H and O–H groups in total. The number of esters is 1. The first-order chi connectivity index (χ1) is 15.2. The van der Waals surface area contributed by atoms with Crippen molar-refractivity contribution in [2.24, 2.45) is 0 Å². The van der Waals surface area contributed by atoms with Crippen LogP contribution in [0.15, 0.2) is 42.6 Å². The number of hydrogen-bond acceptors (Lipinski definition) is 3. The standard InChI is InChI=1S/C28H41NO2/c1-4-7-9-10-11-13-14-23-16-19-25(20-17-23)27(6-3)31-28(30)26-21-18-24(22-29-26)15-12-8-5-2/h16-22,27H,4-15H2,1-3H3. The number of carbonyl (C=O) groups excluding carboxylic acids is 1. The molecule has 0 saturated heterocycles. The SMILES string of the molecule is CCCCCCCCc1ccc(C(CC)OC(=O)c2ccc(CCCCC)cn2)cc1. The molecule has 0 saturated carbocycles. The van der Waals surface area contributed by atoms with Crippen molar-refractivity contribution >= 4 is 5.97 Å². The van der Waals surface area contributed by atoms with Gasteiger partial charge in [0.2, 0.25) is 0 Å². The number of nitrogens with zero attached hydrogens (tertiary/aromatic N) is 1. The molecule has 2 aromatic rings. The van der Waals surface area contributed by atoms with E-state index in [0.717, 1.165) is 31.2 Å². The van der Waals surface area contributed by atoms with E-state index in [0.29, 0.717) is 5.69 Å². The molecular weight excluding hydrogens is 382 g/mol. The van der Waals surface area contributed by atoms with Crippen LogP contribution in [0, 0.1) is 0 Å². The number of aromatic nitrogens is 1. The maximum absolute atomic E-state index is 12.6. The number of benzene rings is 1. The Hall–Kier alpha value is -2.16. The molecule has 1 aromatic carbocycles. The summed E-state index contributed by atoms with van der Waals surface area (Å²) < 4.78 is 5.78. The molecule has 1 atom stereocenters. The van der Waals surface area contributed by atoms with Crippen LogP contribution in [0.25, 0.3) is 0 Å². The Morgan fingerprint density at radius 2 is 1.35 bits per heavy atom. The maximum atomic E-state index is 12.6. The zero-order valence-corrected chi connectivity index (χ0v) is 19.9. The molecular formula is C28H41NO2. The van der Waals surface area contributed by atoms with Crippen molar-refractivity contribution in [2.45, 2.75) is 104 Å². The second-order valence-corrected chi connectivity index (χ2v) is 8.57. The lowest BCUT2D eigenvalue weighted by molar-refractivity contribution is 0.0281. The van der Waals surface area contributed by atoms with Gasteiger partial charge in [-0.3, -0.25) is 0 Å². The van der Waals surface area contributed by atoms with Crippen LogP contribution in [-0.2, 0) is 17.6 Å². The van der Waals surface area contributed by atoms with Gasteiger partial charge in [0.15, 0.2) is 0 Å². The van der Waals surface area contributed by atoms with Gasteiger partial charge in [0.05, 0.1) is 0 Å². The van der Waals surface area contributed by atoms with Crippen LogP contribution in [-0.4, -0.2) is 11.0 Å². The summed E-state index contributed by atoms with van der Waals surface area (Å²) in [4.78, 5) is 16.9. The Labute approximate surface area is 189 Å². The Bertz CT molecular complexity index is 737. The van der Waals surface area contributed by atoms with E-state index in [1.54, 1.807) is 6.07 Å². The van der Waals surface area contributed by atoms with Gasteiger partial charge in [-0.05, 0) is 54.9 Å². The van der Waals surface area contributed by atoms with Crippen LogP contribution in [0.2, 0.25) is 0 Å². The summed E-state index contributed by atoms with van der Waals surface area (Å²) in [6.07, 6.45) is 15.9. The second kappa shape index (κ2) is 14.8. The normalized spacial score (nSPS) is 12.0. The summed E-state index contributed by atoms with van der Waals surface area (Å²) in [7, 11) is 0. The van der Waals surface area contributed by atoms with E-state index in [1.807, 2.05) is 19.2 Å². The molecule has 0 radical (unpaired) electrons. The third-order valence-corrected chi connectivity index (χ3v) is 5.89. The maximum Gasteiger partial charge on any atom is 0.357 e. The average Bonchev–Trinajstić information content (AvgIpc) is 2.81. The fraction of sp³-hybridized carbons (Fsp3) is 0.571. The lowest BCUT2D eigenvalue weighted by Gasteiger charge is -2.17.